The maximum absolute atomic E-state index is 3.58. The van der Waals surface area contributed by atoms with Gasteiger partial charge in [-0.05, 0) is 32.5 Å². The van der Waals surface area contributed by atoms with Crippen molar-refractivity contribution in [1.82, 2.24) is 10.2 Å². The summed E-state index contributed by atoms with van der Waals surface area (Å²) in [6.45, 7) is 13.2. The summed E-state index contributed by atoms with van der Waals surface area (Å²) in [4.78, 5) is 2.44. The van der Waals surface area contributed by atoms with Gasteiger partial charge in [-0.15, -0.1) is 0 Å². The second-order valence-corrected chi connectivity index (χ2v) is 4.61. The van der Waals surface area contributed by atoms with Crippen LogP contribution in [0.4, 0.5) is 0 Å². The van der Waals surface area contributed by atoms with Crippen molar-refractivity contribution in [1.29, 1.82) is 0 Å². The Morgan fingerprint density at radius 1 is 1.12 bits per heavy atom. The van der Waals surface area contributed by atoms with Crippen LogP contribution in [0.5, 0.6) is 0 Å². The lowest BCUT2D eigenvalue weighted by Gasteiger charge is -2.20. The molecule has 0 unspecified atom stereocenters. The highest BCUT2D eigenvalue weighted by molar-refractivity contribution is 5.23. The van der Waals surface area contributed by atoms with Crippen LogP contribution < -0.4 is 5.32 Å². The Morgan fingerprint density at radius 2 is 1.71 bits per heavy atom. The highest BCUT2D eigenvalue weighted by atomic mass is 15.1. The van der Waals surface area contributed by atoms with Gasteiger partial charge in [-0.1, -0.05) is 43.7 Å². The van der Waals surface area contributed by atoms with Crippen molar-refractivity contribution in [3.05, 3.63) is 35.4 Å². The Labute approximate surface area is 106 Å². The molecule has 1 rings (SSSR count). The SMILES string of the molecule is CCN(CC)CCN[C@H](C)c1ccc(C)cc1. The van der Waals surface area contributed by atoms with E-state index in [-0.39, 0.29) is 0 Å². The predicted molar refractivity (Wildman–Crippen MR) is 75.4 cm³/mol. The zero-order chi connectivity index (χ0) is 12.7. The summed E-state index contributed by atoms with van der Waals surface area (Å²) in [6.07, 6.45) is 0. The van der Waals surface area contributed by atoms with Gasteiger partial charge in [-0.2, -0.15) is 0 Å². The number of nitrogens with one attached hydrogen (secondary N) is 1. The van der Waals surface area contributed by atoms with Crippen LogP contribution in [0, 0.1) is 6.92 Å². The first-order chi connectivity index (χ1) is 8.17. The van der Waals surface area contributed by atoms with Crippen molar-refractivity contribution in [2.24, 2.45) is 0 Å². The number of hydrogen-bond acceptors (Lipinski definition) is 2. The molecule has 0 radical (unpaired) electrons. The molecule has 1 atom stereocenters. The third-order valence-electron chi connectivity index (χ3n) is 3.35. The van der Waals surface area contributed by atoms with Crippen molar-refractivity contribution in [3.8, 4) is 0 Å². The molecule has 1 N–H and O–H groups in total. The molecule has 96 valence electrons. The molecule has 0 spiro atoms. The van der Waals surface area contributed by atoms with Crippen LogP contribution >= 0.6 is 0 Å². The molecule has 0 fully saturated rings. The molecule has 0 aromatic heterocycles. The standard InChI is InChI=1S/C15H26N2/c1-5-17(6-2)12-11-16-14(4)15-9-7-13(3)8-10-15/h7-10,14,16H,5-6,11-12H2,1-4H3/t14-/m1/s1. The fourth-order valence-electron chi connectivity index (χ4n) is 1.95. The number of benzene rings is 1. The average molecular weight is 234 g/mol. The smallest absolute Gasteiger partial charge is 0.0292 e. The minimum Gasteiger partial charge on any atom is -0.309 e. The number of nitrogens with zero attached hydrogens (tertiary/aromatic N) is 1. The molecule has 1 aromatic rings. The second kappa shape index (κ2) is 7.46. The van der Waals surface area contributed by atoms with E-state index in [0.717, 1.165) is 26.2 Å². The Balaban J connectivity index is 2.34. The Kier molecular flexibility index (Phi) is 6.23. The van der Waals surface area contributed by atoms with Crippen molar-refractivity contribution < 1.29 is 0 Å². The van der Waals surface area contributed by atoms with Gasteiger partial charge in [0.2, 0.25) is 0 Å². The third-order valence-corrected chi connectivity index (χ3v) is 3.35. The van der Waals surface area contributed by atoms with Gasteiger partial charge in [0.25, 0.3) is 0 Å². The predicted octanol–water partition coefficient (Wildman–Crippen LogP) is 2.99. The first-order valence-corrected chi connectivity index (χ1v) is 6.69. The third kappa shape index (κ3) is 4.88. The Hall–Kier alpha value is -0.860. The van der Waals surface area contributed by atoms with E-state index in [4.69, 9.17) is 0 Å². The van der Waals surface area contributed by atoms with Crippen LogP contribution in [-0.2, 0) is 0 Å². The number of rotatable bonds is 7. The maximum Gasteiger partial charge on any atom is 0.0292 e. The minimum atomic E-state index is 0.436. The Bertz CT molecular complexity index is 301. The van der Waals surface area contributed by atoms with Crippen molar-refractivity contribution >= 4 is 0 Å². The van der Waals surface area contributed by atoms with E-state index in [2.05, 4.69) is 62.2 Å². The van der Waals surface area contributed by atoms with Crippen LogP contribution in [0.15, 0.2) is 24.3 Å². The molecule has 2 heteroatoms. The van der Waals surface area contributed by atoms with E-state index >= 15 is 0 Å². The van der Waals surface area contributed by atoms with Gasteiger partial charge in [0.1, 0.15) is 0 Å². The van der Waals surface area contributed by atoms with Crippen LogP contribution in [-0.4, -0.2) is 31.1 Å². The fraction of sp³-hybridized carbons (Fsp3) is 0.600. The molecule has 0 amide bonds. The first kappa shape index (κ1) is 14.2. The van der Waals surface area contributed by atoms with Crippen molar-refractivity contribution in [2.75, 3.05) is 26.2 Å². The molecule has 0 saturated heterocycles. The first-order valence-electron chi connectivity index (χ1n) is 6.69. The molecule has 0 bridgehead atoms. The Morgan fingerprint density at radius 3 is 2.24 bits per heavy atom. The van der Waals surface area contributed by atoms with Crippen molar-refractivity contribution in [3.63, 3.8) is 0 Å². The molecule has 17 heavy (non-hydrogen) atoms. The zero-order valence-corrected chi connectivity index (χ0v) is 11.7. The van der Waals surface area contributed by atoms with Gasteiger partial charge in [0, 0.05) is 19.1 Å². The molecule has 1 aromatic carbocycles. The fourth-order valence-corrected chi connectivity index (χ4v) is 1.95. The van der Waals surface area contributed by atoms with E-state index in [0.29, 0.717) is 6.04 Å². The molecule has 0 aliphatic carbocycles. The quantitative estimate of drug-likeness (QED) is 0.780. The van der Waals surface area contributed by atoms with Crippen molar-refractivity contribution in [2.45, 2.75) is 33.7 Å². The topological polar surface area (TPSA) is 15.3 Å². The molecule has 0 heterocycles. The van der Waals surface area contributed by atoms with Gasteiger partial charge in [0.15, 0.2) is 0 Å². The summed E-state index contributed by atoms with van der Waals surface area (Å²) in [5, 5.41) is 3.58. The number of aryl methyl sites for hydroxylation is 1. The second-order valence-electron chi connectivity index (χ2n) is 4.61. The van der Waals surface area contributed by atoms with Crippen LogP contribution in [0.2, 0.25) is 0 Å². The van der Waals surface area contributed by atoms with E-state index in [1.165, 1.54) is 11.1 Å². The summed E-state index contributed by atoms with van der Waals surface area (Å²) in [5.41, 5.74) is 2.69. The lowest BCUT2D eigenvalue weighted by molar-refractivity contribution is 0.298. The van der Waals surface area contributed by atoms with Gasteiger partial charge >= 0.3 is 0 Å². The lowest BCUT2D eigenvalue weighted by Crippen LogP contribution is -2.33. The summed E-state index contributed by atoms with van der Waals surface area (Å²) in [6, 6.07) is 9.22. The lowest BCUT2D eigenvalue weighted by atomic mass is 10.1. The molecule has 0 saturated carbocycles. The van der Waals surface area contributed by atoms with E-state index in [1.807, 2.05) is 0 Å². The van der Waals surface area contributed by atoms with Gasteiger partial charge in [0.05, 0.1) is 0 Å². The van der Waals surface area contributed by atoms with Gasteiger partial charge in [-0.3, -0.25) is 0 Å². The molecular formula is C15H26N2. The van der Waals surface area contributed by atoms with E-state index < -0.39 is 0 Å². The van der Waals surface area contributed by atoms with E-state index in [9.17, 15) is 0 Å². The molecular weight excluding hydrogens is 208 g/mol. The average Bonchev–Trinajstić information content (AvgIpc) is 2.35. The minimum absolute atomic E-state index is 0.436. The summed E-state index contributed by atoms with van der Waals surface area (Å²) in [7, 11) is 0. The monoisotopic (exact) mass is 234 g/mol. The molecule has 2 nitrogen and oxygen atoms in total. The number of hydrogen-bond donors (Lipinski definition) is 1. The normalized spacial score (nSPS) is 13.0. The van der Waals surface area contributed by atoms with Gasteiger partial charge < -0.3 is 10.2 Å². The van der Waals surface area contributed by atoms with Crippen LogP contribution in [0.25, 0.3) is 0 Å². The largest absolute Gasteiger partial charge is 0.309 e. The van der Waals surface area contributed by atoms with E-state index in [1.54, 1.807) is 0 Å². The maximum atomic E-state index is 3.58. The molecule has 0 aliphatic heterocycles. The zero-order valence-electron chi connectivity index (χ0n) is 11.7. The summed E-state index contributed by atoms with van der Waals surface area (Å²) < 4.78 is 0. The van der Waals surface area contributed by atoms with Crippen LogP contribution in [0.3, 0.4) is 0 Å². The highest BCUT2D eigenvalue weighted by Gasteiger charge is 2.04. The molecule has 0 aliphatic rings. The summed E-state index contributed by atoms with van der Waals surface area (Å²) >= 11 is 0. The highest BCUT2D eigenvalue weighted by Crippen LogP contribution is 2.12. The summed E-state index contributed by atoms with van der Waals surface area (Å²) in [5.74, 6) is 0. The van der Waals surface area contributed by atoms with Gasteiger partial charge in [-0.25, -0.2) is 0 Å². The van der Waals surface area contributed by atoms with Crippen LogP contribution in [0.1, 0.15) is 37.9 Å². The number of likely N-dealkylation sites (N-methyl/N-ethyl adjacent to an activating group) is 1.